The van der Waals surface area contributed by atoms with E-state index in [-0.39, 0.29) is 11.6 Å². The van der Waals surface area contributed by atoms with Gasteiger partial charge in [0.05, 0.1) is 6.61 Å². The summed E-state index contributed by atoms with van der Waals surface area (Å²) in [7, 11) is -3.93. The van der Waals surface area contributed by atoms with E-state index in [1.54, 1.807) is 30.3 Å². The largest absolute Gasteiger partial charge is 0.387 e. The minimum absolute atomic E-state index is 0.00354. The Kier molecular flexibility index (Phi) is 5.58. The van der Waals surface area contributed by atoms with Gasteiger partial charge >= 0.3 is 5.69 Å². The molecular weight excluding hydrogens is 378 g/mol. The zero-order valence-electron chi connectivity index (χ0n) is 14.1. The third-order valence-corrected chi connectivity index (χ3v) is 5.24. The fourth-order valence-electron chi connectivity index (χ4n) is 2.71. The molecule has 1 saturated heterocycles. The first-order valence-electron chi connectivity index (χ1n) is 8.04. The van der Waals surface area contributed by atoms with Crippen LogP contribution in [-0.4, -0.2) is 53.1 Å². The fraction of sp³-hybridized carbons (Fsp3) is 0.375. The second kappa shape index (κ2) is 7.74. The quantitative estimate of drug-likeness (QED) is 0.520. The van der Waals surface area contributed by atoms with Gasteiger partial charge in [-0.15, -0.1) is 0 Å². The zero-order chi connectivity index (χ0) is 19.6. The Morgan fingerprint density at radius 3 is 2.56 bits per heavy atom. The zero-order valence-corrected chi connectivity index (χ0v) is 14.9. The molecule has 11 heteroatoms. The van der Waals surface area contributed by atoms with Crippen molar-refractivity contribution in [1.29, 1.82) is 0 Å². The van der Waals surface area contributed by atoms with Crippen LogP contribution in [0.15, 0.2) is 47.4 Å². The van der Waals surface area contributed by atoms with Gasteiger partial charge in [-0.05, 0) is 11.6 Å². The molecule has 0 spiro atoms. The molecular formula is C16H19N3O7S. The minimum Gasteiger partial charge on any atom is -0.387 e. The normalized spacial score (nSPS) is 25.6. The Morgan fingerprint density at radius 2 is 1.89 bits per heavy atom. The van der Waals surface area contributed by atoms with Crippen LogP contribution < -0.4 is 11.4 Å². The molecule has 0 amide bonds. The van der Waals surface area contributed by atoms with Crippen LogP contribution in [0.2, 0.25) is 0 Å². The van der Waals surface area contributed by atoms with Crippen molar-refractivity contribution in [2.45, 2.75) is 30.3 Å². The molecule has 1 aromatic carbocycles. The molecule has 0 radical (unpaired) electrons. The molecule has 146 valence electrons. The molecule has 1 fully saturated rings. The van der Waals surface area contributed by atoms with Crippen molar-refractivity contribution in [3.05, 3.63) is 58.6 Å². The number of nitrogens with zero attached hydrogens (tertiary/aromatic N) is 2. The third kappa shape index (κ3) is 4.51. The van der Waals surface area contributed by atoms with E-state index in [0.717, 1.165) is 4.57 Å². The van der Waals surface area contributed by atoms with Gasteiger partial charge in [-0.3, -0.25) is 8.75 Å². The van der Waals surface area contributed by atoms with E-state index in [9.17, 15) is 23.4 Å². The minimum atomic E-state index is -3.93. The Balaban J connectivity index is 1.66. The van der Waals surface area contributed by atoms with Gasteiger partial charge < -0.3 is 20.7 Å². The average Bonchev–Trinajstić information content (AvgIpc) is 2.89. The molecule has 1 aliphatic rings. The van der Waals surface area contributed by atoms with Gasteiger partial charge in [0, 0.05) is 6.20 Å². The van der Waals surface area contributed by atoms with Crippen molar-refractivity contribution in [1.82, 2.24) is 9.55 Å². The summed E-state index contributed by atoms with van der Waals surface area (Å²) < 4.78 is 35.5. The number of anilines is 1. The summed E-state index contributed by atoms with van der Waals surface area (Å²) in [4.78, 5) is 15.4. The smallest absolute Gasteiger partial charge is 0.351 e. The van der Waals surface area contributed by atoms with Crippen LogP contribution >= 0.6 is 0 Å². The SMILES string of the molecule is Nc1ccn([C@@H]2O[C@H](COS(=O)(=O)Cc3ccccc3)[C@@H](O)[C@H]2O)c(=O)n1. The number of aliphatic hydroxyl groups excluding tert-OH is 2. The van der Waals surface area contributed by atoms with Gasteiger partial charge in [0.15, 0.2) is 6.23 Å². The maximum Gasteiger partial charge on any atom is 0.351 e. The summed E-state index contributed by atoms with van der Waals surface area (Å²) in [5.41, 5.74) is 5.18. The van der Waals surface area contributed by atoms with Crippen molar-refractivity contribution < 1.29 is 27.6 Å². The highest BCUT2D eigenvalue weighted by molar-refractivity contribution is 7.85. The standard InChI is InChI=1S/C16H19N3O7S/c17-12-6-7-19(16(22)18-12)15-14(21)13(20)11(26-15)8-25-27(23,24)9-10-4-2-1-3-5-10/h1-7,11,13-15,20-21H,8-9H2,(H2,17,18,22)/t11-,13-,14-,15-/m1/s1. The molecule has 27 heavy (non-hydrogen) atoms. The van der Waals surface area contributed by atoms with Crippen LogP contribution in [0.1, 0.15) is 11.8 Å². The number of hydrogen-bond donors (Lipinski definition) is 3. The Hall–Kier alpha value is -2.31. The highest BCUT2D eigenvalue weighted by atomic mass is 32.2. The second-order valence-electron chi connectivity index (χ2n) is 6.06. The fourth-order valence-corrected chi connectivity index (χ4v) is 3.73. The maximum atomic E-state index is 12.1. The summed E-state index contributed by atoms with van der Waals surface area (Å²) in [5.74, 6) is -0.347. The van der Waals surface area contributed by atoms with Gasteiger partial charge in [-0.1, -0.05) is 30.3 Å². The predicted molar refractivity (Wildman–Crippen MR) is 93.9 cm³/mol. The van der Waals surface area contributed by atoms with Crippen molar-refractivity contribution in [2.75, 3.05) is 12.3 Å². The summed E-state index contributed by atoms with van der Waals surface area (Å²) in [6.45, 7) is -0.513. The van der Waals surface area contributed by atoms with E-state index in [4.69, 9.17) is 14.7 Å². The molecule has 2 aromatic rings. The van der Waals surface area contributed by atoms with Crippen LogP contribution in [0, 0.1) is 0 Å². The number of benzene rings is 1. The first kappa shape index (κ1) is 19.5. The second-order valence-corrected chi connectivity index (χ2v) is 7.70. The van der Waals surface area contributed by atoms with E-state index in [1.165, 1.54) is 12.3 Å². The topological polar surface area (TPSA) is 154 Å². The highest BCUT2D eigenvalue weighted by Crippen LogP contribution is 2.29. The molecule has 1 aromatic heterocycles. The van der Waals surface area contributed by atoms with Crippen molar-refractivity contribution in [3.8, 4) is 0 Å². The Bertz CT molecular complexity index is 948. The van der Waals surface area contributed by atoms with Crippen molar-refractivity contribution in [3.63, 3.8) is 0 Å². The van der Waals surface area contributed by atoms with E-state index in [1.807, 2.05) is 0 Å². The molecule has 4 atom stereocenters. The molecule has 3 rings (SSSR count). The number of aliphatic hydroxyl groups is 2. The lowest BCUT2D eigenvalue weighted by Gasteiger charge is -2.16. The van der Waals surface area contributed by atoms with Gasteiger partial charge in [0.25, 0.3) is 10.1 Å². The molecule has 0 aliphatic carbocycles. The molecule has 1 aliphatic heterocycles. The van der Waals surface area contributed by atoms with Gasteiger partial charge in [-0.2, -0.15) is 13.4 Å². The third-order valence-electron chi connectivity index (χ3n) is 4.06. The number of aromatic nitrogens is 2. The maximum absolute atomic E-state index is 12.1. The molecule has 0 bridgehead atoms. The lowest BCUT2D eigenvalue weighted by Crippen LogP contribution is -2.36. The van der Waals surface area contributed by atoms with E-state index < -0.39 is 47.0 Å². The van der Waals surface area contributed by atoms with E-state index in [0.29, 0.717) is 5.56 Å². The highest BCUT2D eigenvalue weighted by Gasteiger charge is 2.44. The van der Waals surface area contributed by atoms with Gasteiger partial charge in [0.1, 0.15) is 29.9 Å². The summed E-state index contributed by atoms with van der Waals surface area (Å²) in [6.07, 6.45) is -4.06. The van der Waals surface area contributed by atoms with Crippen LogP contribution in [0.25, 0.3) is 0 Å². The first-order chi connectivity index (χ1) is 12.8. The average molecular weight is 397 g/mol. The lowest BCUT2D eigenvalue weighted by molar-refractivity contribution is -0.0508. The lowest BCUT2D eigenvalue weighted by atomic mass is 10.1. The monoisotopic (exact) mass is 397 g/mol. The number of ether oxygens (including phenoxy) is 1. The molecule has 4 N–H and O–H groups in total. The predicted octanol–water partition coefficient (Wildman–Crippen LogP) is -1.01. The van der Waals surface area contributed by atoms with Crippen molar-refractivity contribution >= 4 is 15.9 Å². The van der Waals surface area contributed by atoms with Gasteiger partial charge in [-0.25, -0.2) is 4.79 Å². The summed E-state index contributed by atoms with van der Waals surface area (Å²) in [5, 5.41) is 20.3. The molecule has 2 heterocycles. The number of rotatable bonds is 6. The summed E-state index contributed by atoms with van der Waals surface area (Å²) >= 11 is 0. The van der Waals surface area contributed by atoms with E-state index >= 15 is 0 Å². The Morgan fingerprint density at radius 1 is 1.19 bits per heavy atom. The Labute approximate surface area is 154 Å². The van der Waals surface area contributed by atoms with Crippen LogP contribution in [0.5, 0.6) is 0 Å². The van der Waals surface area contributed by atoms with Gasteiger partial charge in [0.2, 0.25) is 0 Å². The molecule has 0 unspecified atom stereocenters. The van der Waals surface area contributed by atoms with E-state index in [2.05, 4.69) is 4.98 Å². The van der Waals surface area contributed by atoms with Crippen LogP contribution in [0.3, 0.4) is 0 Å². The summed E-state index contributed by atoms with van der Waals surface area (Å²) in [6, 6.07) is 9.78. The van der Waals surface area contributed by atoms with Crippen LogP contribution in [-0.2, 0) is 24.8 Å². The van der Waals surface area contributed by atoms with Crippen molar-refractivity contribution in [2.24, 2.45) is 0 Å². The molecule has 0 saturated carbocycles. The number of nitrogens with two attached hydrogens (primary N) is 1. The number of hydrogen-bond acceptors (Lipinski definition) is 9. The first-order valence-corrected chi connectivity index (χ1v) is 9.62. The number of nitrogen functional groups attached to an aromatic ring is 1. The molecule has 10 nitrogen and oxygen atoms in total. The van der Waals surface area contributed by atoms with Crippen LogP contribution in [0.4, 0.5) is 5.82 Å².